The van der Waals surface area contributed by atoms with Crippen LogP contribution >= 0.6 is 0 Å². The Labute approximate surface area is 93.1 Å². The van der Waals surface area contributed by atoms with Gasteiger partial charge in [-0.05, 0) is 61.4 Å². The average Bonchev–Trinajstić information content (AvgIpc) is 1.99. The van der Waals surface area contributed by atoms with Crippen LogP contribution in [0.1, 0.15) is 60.6 Å². The first-order valence-electron chi connectivity index (χ1n) is 5.64. The first kappa shape index (κ1) is 12.3. The van der Waals surface area contributed by atoms with Gasteiger partial charge in [0.05, 0.1) is 6.10 Å². The van der Waals surface area contributed by atoms with Crippen molar-refractivity contribution in [3.05, 3.63) is 33.9 Å². The summed E-state index contributed by atoms with van der Waals surface area (Å²) in [6, 6.07) is 2.18. The van der Waals surface area contributed by atoms with Crippen molar-refractivity contribution < 1.29 is 5.11 Å². The highest BCUT2D eigenvalue weighted by molar-refractivity contribution is 5.46. The fourth-order valence-corrected chi connectivity index (χ4v) is 2.75. The Morgan fingerprint density at radius 2 is 1.40 bits per heavy atom. The number of aryl methyl sites for hydroxylation is 2. The Hall–Kier alpha value is -0.820. The van der Waals surface area contributed by atoms with Crippen molar-refractivity contribution in [2.24, 2.45) is 0 Å². The standard InChI is InChI=1S/C14H22O/c1-8(2)13-9(3)7-10(4)14(11(13)5)12(6)15/h7-8,12,15H,1-6H3. The molecular formula is C14H22O. The summed E-state index contributed by atoms with van der Waals surface area (Å²) in [5.74, 6) is 0.517. The molecule has 1 N–H and O–H groups in total. The molecule has 1 atom stereocenters. The van der Waals surface area contributed by atoms with E-state index in [0.717, 1.165) is 5.56 Å². The fourth-order valence-electron chi connectivity index (χ4n) is 2.75. The number of rotatable bonds is 2. The van der Waals surface area contributed by atoms with Crippen molar-refractivity contribution in [2.45, 2.75) is 53.6 Å². The molecule has 1 aromatic rings. The van der Waals surface area contributed by atoms with E-state index in [1.54, 1.807) is 0 Å². The van der Waals surface area contributed by atoms with Crippen LogP contribution in [-0.2, 0) is 0 Å². The van der Waals surface area contributed by atoms with Gasteiger partial charge in [0.25, 0.3) is 0 Å². The van der Waals surface area contributed by atoms with Crippen molar-refractivity contribution >= 4 is 0 Å². The Balaban J connectivity index is 3.49. The molecule has 15 heavy (non-hydrogen) atoms. The lowest BCUT2D eigenvalue weighted by Gasteiger charge is -2.21. The largest absolute Gasteiger partial charge is 0.389 e. The van der Waals surface area contributed by atoms with Crippen LogP contribution in [0.2, 0.25) is 0 Å². The lowest BCUT2D eigenvalue weighted by Crippen LogP contribution is -2.06. The zero-order valence-corrected chi connectivity index (χ0v) is 10.7. The topological polar surface area (TPSA) is 20.2 Å². The van der Waals surface area contributed by atoms with Crippen molar-refractivity contribution in [1.82, 2.24) is 0 Å². The highest BCUT2D eigenvalue weighted by atomic mass is 16.3. The van der Waals surface area contributed by atoms with Crippen LogP contribution in [-0.4, -0.2) is 5.11 Å². The zero-order valence-electron chi connectivity index (χ0n) is 10.7. The van der Waals surface area contributed by atoms with Gasteiger partial charge in [0.1, 0.15) is 0 Å². The minimum absolute atomic E-state index is 0.372. The Kier molecular flexibility index (Phi) is 3.56. The molecule has 0 aromatic heterocycles. The molecule has 0 saturated heterocycles. The first-order valence-corrected chi connectivity index (χ1v) is 5.64. The first-order chi connectivity index (χ1) is 6.86. The predicted molar refractivity (Wildman–Crippen MR) is 65.4 cm³/mol. The smallest absolute Gasteiger partial charge is 0.0767 e. The van der Waals surface area contributed by atoms with E-state index >= 15 is 0 Å². The Morgan fingerprint density at radius 1 is 0.933 bits per heavy atom. The van der Waals surface area contributed by atoms with E-state index in [9.17, 15) is 5.11 Å². The molecule has 0 amide bonds. The zero-order chi connectivity index (χ0) is 11.7. The highest BCUT2D eigenvalue weighted by Crippen LogP contribution is 2.31. The second kappa shape index (κ2) is 4.36. The van der Waals surface area contributed by atoms with Crippen LogP contribution in [0.15, 0.2) is 6.07 Å². The number of hydrogen-bond donors (Lipinski definition) is 1. The number of benzene rings is 1. The van der Waals surface area contributed by atoms with Crippen molar-refractivity contribution in [3.63, 3.8) is 0 Å². The summed E-state index contributed by atoms with van der Waals surface area (Å²) >= 11 is 0. The summed E-state index contributed by atoms with van der Waals surface area (Å²) in [4.78, 5) is 0. The van der Waals surface area contributed by atoms with Crippen molar-refractivity contribution in [1.29, 1.82) is 0 Å². The monoisotopic (exact) mass is 206 g/mol. The third-order valence-corrected chi connectivity index (χ3v) is 3.09. The SMILES string of the molecule is Cc1cc(C)c(C(C)O)c(C)c1C(C)C. The van der Waals surface area contributed by atoms with Crippen molar-refractivity contribution in [3.8, 4) is 0 Å². The van der Waals surface area contributed by atoms with Gasteiger partial charge in [-0.15, -0.1) is 0 Å². The van der Waals surface area contributed by atoms with Crippen LogP contribution in [0.4, 0.5) is 0 Å². The molecule has 0 saturated carbocycles. The van der Waals surface area contributed by atoms with Gasteiger partial charge in [0.15, 0.2) is 0 Å². The number of aliphatic hydroxyl groups is 1. The maximum Gasteiger partial charge on any atom is 0.0767 e. The molecule has 0 spiro atoms. The summed E-state index contributed by atoms with van der Waals surface area (Å²) in [7, 11) is 0. The molecule has 0 bridgehead atoms. The molecule has 1 heteroatoms. The minimum atomic E-state index is -0.372. The lowest BCUT2D eigenvalue weighted by atomic mass is 9.86. The predicted octanol–water partition coefficient (Wildman–Crippen LogP) is 3.79. The minimum Gasteiger partial charge on any atom is -0.389 e. The van der Waals surface area contributed by atoms with E-state index in [4.69, 9.17) is 0 Å². The summed E-state index contributed by atoms with van der Waals surface area (Å²) < 4.78 is 0. The van der Waals surface area contributed by atoms with Gasteiger partial charge < -0.3 is 5.11 Å². The molecule has 84 valence electrons. The Morgan fingerprint density at radius 3 is 1.80 bits per heavy atom. The molecule has 1 rings (SSSR count). The van der Waals surface area contributed by atoms with E-state index in [1.165, 1.54) is 22.3 Å². The third-order valence-electron chi connectivity index (χ3n) is 3.09. The Bertz CT molecular complexity index is 330. The van der Waals surface area contributed by atoms with E-state index in [0.29, 0.717) is 5.92 Å². The second-order valence-electron chi connectivity index (χ2n) is 4.79. The molecule has 1 nitrogen and oxygen atoms in total. The number of hydrogen-bond acceptors (Lipinski definition) is 1. The van der Waals surface area contributed by atoms with Crippen LogP contribution in [0.25, 0.3) is 0 Å². The molecule has 0 aliphatic heterocycles. The van der Waals surface area contributed by atoms with Gasteiger partial charge in [-0.2, -0.15) is 0 Å². The average molecular weight is 206 g/mol. The maximum atomic E-state index is 9.78. The lowest BCUT2D eigenvalue weighted by molar-refractivity contribution is 0.197. The molecule has 0 heterocycles. The third kappa shape index (κ3) is 2.23. The quantitative estimate of drug-likeness (QED) is 0.780. The van der Waals surface area contributed by atoms with Crippen LogP contribution in [0.5, 0.6) is 0 Å². The van der Waals surface area contributed by atoms with E-state index in [-0.39, 0.29) is 6.10 Å². The molecule has 1 unspecified atom stereocenters. The molecule has 0 aliphatic rings. The normalized spacial score (nSPS) is 13.3. The summed E-state index contributed by atoms with van der Waals surface area (Å²) in [5, 5.41) is 9.78. The summed E-state index contributed by atoms with van der Waals surface area (Å²) in [6.07, 6.45) is -0.372. The van der Waals surface area contributed by atoms with E-state index in [2.05, 4.69) is 40.7 Å². The molecular weight excluding hydrogens is 184 g/mol. The van der Waals surface area contributed by atoms with Crippen LogP contribution in [0, 0.1) is 20.8 Å². The molecule has 1 aromatic carbocycles. The van der Waals surface area contributed by atoms with Gasteiger partial charge in [-0.25, -0.2) is 0 Å². The van der Waals surface area contributed by atoms with Gasteiger partial charge in [-0.1, -0.05) is 19.9 Å². The second-order valence-corrected chi connectivity index (χ2v) is 4.79. The van der Waals surface area contributed by atoms with Gasteiger partial charge in [0, 0.05) is 0 Å². The van der Waals surface area contributed by atoms with Gasteiger partial charge >= 0.3 is 0 Å². The van der Waals surface area contributed by atoms with Gasteiger partial charge in [-0.3, -0.25) is 0 Å². The van der Waals surface area contributed by atoms with E-state index < -0.39 is 0 Å². The maximum absolute atomic E-state index is 9.78. The van der Waals surface area contributed by atoms with Crippen molar-refractivity contribution in [2.75, 3.05) is 0 Å². The highest BCUT2D eigenvalue weighted by Gasteiger charge is 2.15. The van der Waals surface area contributed by atoms with Crippen LogP contribution in [0.3, 0.4) is 0 Å². The van der Waals surface area contributed by atoms with Crippen LogP contribution < -0.4 is 0 Å². The summed E-state index contributed by atoms with van der Waals surface area (Å²) in [6.45, 7) is 12.6. The fraction of sp³-hybridized carbons (Fsp3) is 0.571. The summed E-state index contributed by atoms with van der Waals surface area (Å²) in [5.41, 5.74) is 6.28. The number of aliphatic hydroxyl groups excluding tert-OH is 1. The molecule has 0 radical (unpaired) electrons. The van der Waals surface area contributed by atoms with E-state index in [1.807, 2.05) is 6.92 Å². The van der Waals surface area contributed by atoms with Gasteiger partial charge in [0.2, 0.25) is 0 Å². The molecule has 0 fully saturated rings. The molecule has 0 aliphatic carbocycles.